The van der Waals surface area contributed by atoms with Crippen LogP contribution in [0.5, 0.6) is 11.5 Å². The van der Waals surface area contributed by atoms with E-state index in [9.17, 15) is 0 Å². The quantitative estimate of drug-likeness (QED) is 0.823. The molecule has 2 rings (SSSR count). The highest BCUT2D eigenvalue weighted by Gasteiger charge is 2.15. The summed E-state index contributed by atoms with van der Waals surface area (Å²) in [5, 5.41) is 3.32. The van der Waals surface area contributed by atoms with E-state index in [1.165, 1.54) is 37.7 Å². The molecular formula is C17H27NO2. The second-order valence-electron chi connectivity index (χ2n) is 5.58. The summed E-state index contributed by atoms with van der Waals surface area (Å²) in [6, 6.07) is 6.22. The number of rotatable bonds is 7. The van der Waals surface area contributed by atoms with Crippen molar-refractivity contribution in [2.24, 2.45) is 5.92 Å². The van der Waals surface area contributed by atoms with Gasteiger partial charge in [-0.15, -0.1) is 0 Å². The molecule has 0 spiro atoms. The molecular weight excluding hydrogens is 250 g/mol. The third-order valence-corrected chi connectivity index (χ3v) is 4.01. The first-order valence-corrected chi connectivity index (χ1v) is 7.84. The van der Waals surface area contributed by atoms with E-state index in [1.54, 1.807) is 7.11 Å². The first-order chi connectivity index (χ1) is 9.83. The van der Waals surface area contributed by atoms with E-state index < -0.39 is 0 Å². The van der Waals surface area contributed by atoms with E-state index in [2.05, 4.69) is 24.4 Å². The van der Waals surface area contributed by atoms with Crippen molar-refractivity contribution < 1.29 is 9.47 Å². The van der Waals surface area contributed by atoms with E-state index in [4.69, 9.17) is 9.47 Å². The molecule has 0 aromatic heterocycles. The van der Waals surface area contributed by atoms with Crippen LogP contribution in [0.25, 0.3) is 0 Å². The van der Waals surface area contributed by atoms with E-state index in [1.807, 2.05) is 6.07 Å². The van der Waals surface area contributed by atoms with Crippen molar-refractivity contribution in [1.82, 2.24) is 5.32 Å². The molecule has 0 atom stereocenters. The summed E-state index contributed by atoms with van der Waals surface area (Å²) in [5.74, 6) is 2.43. The van der Waals surface area contributed by atoms with Crippen LogP contribution in [0, 0.1) is 5.92 Å². The monoisotopic (exact) mass is 277 g/mol. The number of ether oxygens (including phenoxy) is 2. The summed E-state index contributed by atoms with van der Waals surface area (Å²) >= 11 is 0. The maximum Gasteiger partial charge on any atom is 0.161 e. The highest BCUT2D eigenvalue weighted by molar-refractivity contribution is 5.42. The fourth-order valence-electron chi connectivity index (χ4n) is 2.77. The third-order valence-electron chi connectivity index (χ3n) is 4.01. The first-order valence-electron chi connectivity index (χ1n) is 7.84. The summed E-state index contributed by atoms with van der Waals surface area (Å²) < 4.78 is 11.4. The van der Waals surface area contributed by atoms with E-state index in [0.29, 0.717) is 0 Å². The zero-order chi connectivity index (χ0) is 14.2. The molecule has 0 amide bonds. The van der Waals surface area contributed by atoms with E-state index in [-0.39, 0.29) is 0 Å². The molecule has 1 aliphatic rings. The van der Waals surface area contributed by atoms with Crippen LogP contribution < -0.4 is 14.8 Å². The molecule has 0 heterocycles. The Hall–Kier alpha value is -1.22. The van der Waals surface area contributed by atoms with Crippen LogP contribution in [0.1, 0.15) is 44.6 Å². The minimum Gasteiger partial charge on any atom is -0.493 e. The molecule has 1 saturated carbocycles. The van der Waals surface area contributed by atoms with Gasteiger partial charge in [-0.25, -0.2) is 0 Å². The molecule has 1 fully saturated rings. The van der Waals surface area contributed by atoms with Gasteiger partial charge in [0.1, 0.15) is 0 Å². The van der Waals surface area contributed by atoms with Crippen molar-refractivity contribution in [3.63, 3.8) is 0 Å². The van der Waals surface area contributed by atoms with E-state index >= 15 is 0 Å². The largest absolute Gasteiger partial charge is 0.493 e. The number of nitrogens with one attached hydrogen (secondary N) is 1. The van der Waals surface area contributed by atoms with Gasteiger partial charge in [-0.05, 0) is 43.0 Å². The van der Waals surface area contributed by atoms with Crippen LogP contribution in [-0.2, 0) is 6.54 Å². The Labute approximate surface area is 122 Å². The van der Waals surface area contributed by atoms with Crippen molar-refractivity contribution in [1.29, 1.82) is 0 Å². The van der Waals surface area contributed by atoms with Crippen molar-refractivity contribution >= 4 is 0 Å². The van der Waals surface area contributed by atoms with Gasteiger partial charge in [0.2, 0.25) is 0 Å². The summed E-state index contributed by atoms with van der Waals surface area (Å²) in [7, 11) is 1.71. The Kier molecular flexibility index (Phi) is 6.19. The fraction of sp³-hybridized carbons (Fsp3) is 0.647. The number of hydrogen-bond acceptors (Lipinski definition) is 3. The van der Waals surface area contributed by atoms with Crippen LogP contribution in [-0.4, -0.2) is 20.3 Å². The Morgan fingerprint density at radius 3 is 2.65 bits per heavy atom. The second kappa shape index (κ2) is 8.15. The highest BCUT2D eigenvalue weighted by atomic mass is 16.5. The van der Waals surface area contributed by atoms with Gasteiger partial charge in [-0.3, -0.25) is 0 Å². The maximum atomic E-state index is 5.98. The summed E-state index contributed by atoms with van der Waals surface area (Å²) in [6.07, 6.45) is 6.71. The topological polar surface area (TPSA) is 30.5 Å². The minimum atomic E-state index is 0.717. The highest BCUT2D eigenvalue weighted by Crippen LogP contribution is 2.30. The first kappa shape index (κ1) is 15.2. The van der Waals surface area contributed by atoms with Crippen LogP contribution in [0.2, 0.25) is 0 Å². The van der Waals surface area contributed by atoms with Crippen molar-refractivity contribution in [2.75, 3.05) is 20.3 Å². The molecule has 1 aromatic carbocycles. The van der Waals surface area contributed by atoms with Crippen molar-refractivity contribution in [3.8, 4) is 11.5 Å². The predicted molar refractivity (Wildman–Crippen MR) is 82.4 cm³/mol. The number of benzene rings is 1. The Balaban J connectivity index is 1.92. The van der Waals surface area contributed by atoms with Crippen LogP contribution in [0.4, 0.5) is 0 Å². The van der Waals surface area contributed by atoms with Gasteiger partial charge in [0.25, 0.3) is 0 Å². The Morgan fingerprint density at radius 2 is 1.95 bits per heavy atom. The fourth-order valence-corrected chi connectivity index (χ4v) is 2.77. The Morgan fingerprint density at radius 1 is 1.15 bits per heavy atom. The van der Waals surface area contributed by atoms with Gasteiger partial charge in [0.05, 0.1) is 13.7 Å². The second-order valence-corrected chi connectivity index (χ2v) is 5.58. The molecule has 0 radical (unpaired) electrons. The lowest BCUT2D eigenvalue weighted by atomic mass is 9.90. The van der Waals surface area contributed by atoms with Gasteiger partial charge in [-0.1, -0.05) is 32.3 Å². The minimum absolute atomic E-state index is 0.717. The lowest BCUT2D eigenvalue weighted by Crippen LogP contribution is -2.15. The molecule has 1 aromatic rings. The average molecular weight is 277 g/mol. The van der Waals surface area contributed by atoms with Crippen LogP contribution >= 0.6 is 0 Å². The predicted octanol–water partition coefficient (Wildman–Crippen LogP) is 3.76. The van der Waals surface area contributed by atoms with Crippen LogP contribution in [0.15, 0.2) is 18.2 Å². The Bertz CT molecular complexity index is 400. The molecule has 0 aliphatic heterocycles. The van der Waals surface area contributed by atoms with Gasteiger partial charge in [0, 0.05) is 6.54 Å². The molecule has 112 valence electrons. The van der Waals surface area contributed by atoms with Crippen molar-refractivity contribution in [2.45, 2.75) is 45.6 Å². The third kappa shape index (κ3) is 4.41. The molecule has 3 heteroatoms. The molecule has 1 N–H and O–H groups in total. The summed E-state index contributed by atoms with van der Waals surface area (Å²) in [6.45, 7) is 4.78. The summed E-state index contributed by atoms with van der Waals surface area (Å²) in [5.41, 5.74) is 1.23. The van der Waals surface area contributed by atoms with Gasteiger partial charge in [0.15, 0.2) is 11.5 Å². The zero-order valence-corrected chi connectivity index (χ0v) is 12.8. The molecule has 0 bridgehead atoms. The molecule has 3 nitrogen and oxygen atoms in total. The molecule has 1 aliphatic carbocycles. The van der Waals surface area contributed by atoms with E-state index in [0.717, 1.165) is 37.1 Å². The number of hydrogen-bond donors (Lipinski definition) is 1. The van der Waals surface area contributed by atoms with Gasteiger partial charge in [-0.2, -0.15) is 0 Å². The van der Waals surface area contributed by atoms with Crippen molar-refractivity contribution in [3.05, 3.63) is 23.8 Å². The lowest BCUT2D eigenvalue weighted by Gasteiger charge is -2.22. The zero-order valence-electron chi connectivity index (χ0n) is 12.8. The number of methoxy groups -OCH3 is 1. The molecule has 0 unspecified atom stereocenters. The van der Waals surface area contributed by atoms with Crippen LogP contribution in [0.3, 0.4) is 0 Å². The molecule has 20 heavy (non-hydrogen) atoms. The standard InChI is InChI=1S/C17H27NO2/c1-3-18-12-15-9-10-16(17(11-15)19-2)20-13-14-7-5-4-6-8-14/h9-11,14,18H,3-8,12-13H2,1-2H3. The smallest absolute Gasteiger partial charge is 0.161 e. The average Bonchev–Trinajstić information content (AvgIpc) is 2.52. The summed E-state index contributed by atoms with van der Waals surface area (Å²) in [4.78, 5) is 0. The normalized spacial score (nSPS) is 16.1. The van der Waals surface area contributed by atoms with Gasteiger partial charge >= 0.3 is 0 Å². The lowest BCUT2D eigenvalue weighted by molar-refractivity contribution is 0.202. The maximum absolute atomic E-state index is 5.98. The molecule has 0 saturated heterocycles. The van der Waals surface area contributed by atoms with Gasteiger partial charge < -0.3 is 14.8 Å². The SMILES string of the molecule is CCNCc1ccc(OCC2CCCCC2)c(OC)c1.